The lowest BCUT2D eigenvalue weighted by molar-refractivity contribution is 0.157. The Morgan fingerprint density at radius 2 is 1.94 bits per heavy atom. The summed E-state index contributed by atoms with van der Waals surface area (Å²) in [5.74, 6) is 0. The predicted octanol–water partition coefficient (Wildman–Crippen LogP) is 3.57. The van der Waals surface area contributed by atoms with E-state index in [9.17, 15) is 0 Å². The predicted molar refractivity (Wildman–Crippen MR) is 78.1 cm³/mol. The summed E-state index contributed by atoms with van der Waals surface area (Å²) in [6.07, 6.45) is 1.15. The van der Waals surface area contributed by atoms with Crippen LogP contribution in [0, 0.1) is 0 Å². The minimum atomic E-state index is 0.297. The largest absolute Gasteiger partial charge is 0.329 e. The fraction of sp³-hybridized carbons (Fsp3) is 0.571. The molecule has 0 aliphatic rings. The fourth-order valence-electron chi connectivity index (χ4n) is 2.22. The summed E-state index contributed by atoms with van der Waals surface area (Å²) in [6, 6.07) is 9.17. The molecule has 1 aromatic carbocycles. The van der Waals surface area contributed by atoms with Crippen molar-refractivity contribution in [2.75, 3.05) is 13.1 Å². The summed E-state index contributed by atoms with van der Waals surface area (Å²) in [7, 11) is 0. The van der Waals surface area contributed by atoms with Crippen LogP contribution in [-0.2, 0) is 0 Å². The zero-order valence-corrected chi connectivity index (χ0v) is 12.6. The van der Waals surface area contributed by atoms with E-state index in [4.69, 9.17) is 5.73 Å². The van der Waals surface area contributed by atoms with Crippen LogP contribution in [0.2, 0.25) is 0 Å². The number of nitrogens with two attached hydrogens (primary N) is 1. The van der Waals surface area contributed by atoms with Gasteiger partial charge in [0.25, 0.3) is 0 Å². The summed E-state index contributed by atoms with van der Waals surface area (Å²) in [4.78, 5) is 2.47. The molecular formula is C14H23BrN2. The van der Waals surface area contributed by atoms with Gasteiger partial charge in [0.05, 0.1) is 0 Å². The van der Waals surface area contributed by atoms with Crippen molar-refractivity contribution in [2.45, 2.75) is 39.3 Å². The van der Waals surface area contributed by atoms with Crippen molar-refractivity contribution in [3.8, 4) is 0 Å². The smallest absolute Gasteiger partial charge is 0.0484 e. The van der Waals surface area contributed by atoms with E-state index in [1.54, 1.807) is 0 Å². The van der Waals surface area contributed by atoms with Crippen molar-refractivity contribution in [3.63, 3.8) is 0 Å². The van der Waals surface area contributed by atoms with Crippen LogP contribution in [0.3, 0.4) is 0 Å². The van der Waals surface area contributed by atoms with Crippen LogP contribution in [0.15, 0.2) is 28.7 Å². The second kappa shape index (κ2) is 7.14. The highest BCUT2D eigenvalue weighted by atomic mass is 79.9. The van der Waals surface area contributed by atoms with Gasteiger partial charge in [-0.25, -0.2) is 0 Å². The van der Waals surface area contributed by atoms with Gasteiger partial charge in [-0.15, -0.1) is 0 Å². The summed E-state index contributed by atoms with van der Waals surface area (Å²) in [5, 5.41) is 0. The molecule has 0 heterocycles. The Morgan fingerprint density at radius 1 is 1.29 bits per heavy atom. The van der Waals surface area contributed by atoms with Gasteiger partial charge in [-0.2, -0.15) is 0 Å². The van der Waals surface area contributed by atoms with E-state index in [1.807, 2.05) is 6.07 Å². The van der Waals surface area contributed by atoms with Gasteiger partial charge >= 0.3 is 0 Å². The first-order valence-electron chi connectivity index (χ1n) is 6.32. The average Bonchev–Trinajstić information content (AvgIpc) is 2.31. The number of hydrogen-bond acceptors (Lipinski definition) is 2. The maximum absolute atomic E-state index is 5.98. The van der Waals surface area contributed by atoms with Crippen molar-refractivity contribution in [3.05, 3.63) is 34.3 Å². The Morgan fingerprint density at radius 3 is 2.41 bits per heavy atom. The lowest BCUT2D eigenvalue weighted by Gasteiger charge is -2.34. The Balaban J connectivity index is 3.00. The van der Waals surface area contributed by atoms with Gasteiger partial charge in [0.2, 0.25) is 0 Å². The Kier molecular flexibility index (Phi) is 6.17. The highest BCUT2D eigenvalue weighted by molar-refractivity contribution is 9.10. The van der Waals surface area contributed by atoms with Crippen LogP contribution in [0.4, 0.5) is 0 Å². The van der Waals surface area contributed by atoms with Crippen molar-refractivity contribution in [1.82, 2.24) is 4.90 Å². The minimum Gasteiger partial charge on any atom is -0.329 e. The number of hydrogen-bond donors (Lipinski definition) is 1. The van der Waals surface area contributed by atoms with Crippen LogP contribution in [0.25, 0.3) is 0 Å². The van der Waals surface area contributed by atoms with Crippen molar-refractivity contribution >= 4 is 15.9 Å². The molecule has 0 radical (unpaired) electrons. The second-order valence-corrected chi connectivity index (χ2v) is 5.46. The van der Waals surface area contributed by atoms with E-state index in [0.717, 1.165) is 17.4 Å². The molecule has 1 atom stereocenters. The zero-order chi connectivity index (χ0) is 12.8. The summed E-state index contributed by atoms with van der Waals surface area (Å²) in [6.45, 7) is 8.41. The third kappa shape index (κ3) is 3.80. The standard InChI is InChI=1S/C14H23BrN2/c1-4-9-17(11(2)3)14(10-16)12-7-5-6-8-13(12)15/h5-8,11,14H,4,9-10,16H2,1-3H3. The first-order valence-corrected chi connectivity index (χ1v) is 7.11. The summed E-state index contributed by atoms with van der Waals surface area (Å²) < 4.78 is 1.15. The molecule has 0 bridgehead atoms. The van der Waals surface area contributed by atoms with Crippen LogP contribution in [0.5, 0.6) is 0 Å². The Hall–Kier alpha value is -0.380. The quantitative estimate of drug-likeness (QED) is 0.870. The first kappa shape index (κ1) is 14.7. The van der Waals surface area contributed by atoms with E-state index in [0.29, 0.717) is 18.6 Å². The van der Waals surface area contributed by atoms with Crippen LogP contribution in [0.1, 0.15) is 38.8 Å². The van der Waals surface area contributed by atoms with Crippen LogP contribution in [-0.4, -0.2) is 24.0 Å². The molecule has 1 rings (SSSR count). The monoisotopic (exact) mass is 298 g/mol. The Labute approximate surface area is 113 Å². The molecule has 2 N–H and O–H groups in total. The molecule has 0 fully saturated rings. The SMILES string of the molecule is CCCN(C(C)C)C(CN)c1ccccc1Br. The number of benzene rings is 1. The van der Waals surface area contributed by atoms with Gasteiger partial charge in [0.1, 0.15) is 0 Å². The van der Waals surface area contributed by atoms with E-state index in [-0.39, 0.29) is 0 Å². The molecule has 0 amide bonds. The molecular weight excluding hydrogens is 276 g/mol. The summed E-state index contributed by atoms with van der Waals surface area (Å²) in [5.41, 5.74) is 7.27. The van der Waals surface area contributed by atoms with E-state index >= 15 is 0 Å². The highest BCUT2D eigenvalue weighted by Gasteiger charge is 2.22. The molecule has 0 spiro atoms. The first-order chi connectivity index (χ1) is 8.11. The molecule has 3 heteroatoms. The normalized spacial score (nSPS) is 13.4. The second-order valence-electron chi connectivity index (χ2n) is 4.60. The van der Waals surface area contributed by atoms with Crippen molar-refractivity contribution < 1.29 is 0 Å². The van der Waals surface area contributed by atoms with E-state index in [2.05, 4.69) is 59.8 Å². The van der Waals surface area contributed by atoms with Gasteiger partial charge in [-0.3, -0.25) is 4.90 Å². The maximum Gasteiger partial charge on any atom is 0.0484 e. The van der Waals surface area contributed by atoms with Gasteiger partial charge in [-0.1, -0.05) is 41.1 Å². The van der Waals surface area contributed by atoms with Gasteiger partial charge in [0, 0.05) is 23.1 Å². The average molecular weight is 299 g/mol. The molecule has 0 aromatic heterocycles. The van der Waals surface area contributed by atoms with Crippen LogP contribution < -0.4 is 5.73 Å². The molecule has 2 nitrogen and oxygen atoms in total. The minimum absolute atomic E-state index is 0.297. The fourth-order valence-corrected chi connectivity index (χ4v) is 2.77. The van der Waals surface area contributed by atoms with Gasteiger partial charge < -0.3 is 5.73 Å². The third-order valence-corrected chi connectivity index (χ3v) is 3.76. The number of nitrogens with zero attached hydrogens (tertiary/aromatic N) is 1. The molecule has 1 aromatic rings. The lowest BCUT2D eigenvalue weighted by atomic mass is 10.0. The van der Waals surface area contributed by atoms with Gasteiger partial charge in [-0.05, 0) is 38.4 Å². The van der Waals surface area contributed by atoms with E-state index in [1.165, 1.54) is 5.56 Å². The topological polar surface area (TPSA) is 29.3 Å². The molecule has 96 valence electrons. The zero-order valence-electron chi connectivity index (χ0n) is 11.0. The molecule has 0 saturated carbocycles. The molecule has 0 aliphatic heterocycles. The molecule has 1 unspecified atom stereocenters. The van der Waals surface area contributed by atoms with Crippen LogP contribution >= 0.6 is 15.9 Å². The third-order valence-electron chi connectivity index (χ3n) is 3.03. The summed E-state index contributed by atoms with van der Waals surface area (Å²) >= 11 is 3.62. The molecule has 17 heavy (non-hydrogen) atoms. The van der Waals surface area contributed by atoms with Crippen molar-refractivity contribution in [1.29, 1.82) is 0 Å². The molecule has 0 saturated heterocycles. The lowest BCUT2D eigenvalue weighted by Crippen LogP contribution is -2.39. The highest BCUT2D eigenvalue weighted by Crippen LogP contribution is 2.28. The number of rotatable bonds is 6. The maximum atomic E-state index is 5.98. The van der Waals surface area contributed by atoms with Crippen molar-refractivity contribution in [2.24, 2.45) is 5.73 Å². The number of halogens is 1. The van der Waals surface area contributed by atoms with Gasteiger partial charge in [0.15, 0.2) is 0 Å². The van der Waals surface area contributed by atoms with E-state index < -0.39 is 0 Å². The Bertz CT molecular complexity index is 339. The molecule has 0 aliphatic carbocycles.